The van der Waals surface area contributed by atoms with Crippen molar-refractivity contribution in [2.75, 3.05) is 6.61 Å². The molecule has 0 spiro atoms. The minimum absolute atomic E-state index is 0.0962. The molecule has 0 unspecified atom stereocenters. The highest BCUT2D eigenvalue weighted by molar-refractivity contribution is 6.34. The topological polar surface area (TPSA) is 76.9 Å². The number of nitrogens with one attached hydrogen (secondary N) is 1. The van der Waals surface area contributed by atoms with Crippen molar-refractivity contribution in [3.63, 3.8) is 0 Å². The van der Waals surface area contributed by atoms with Gasteiger partial charge >= 0.3 is 0 Å². The van der Waals surface area contributed by atoms with Crippen LogP contribution in [0.15, 0.2) is 30.5 Å². The quantitative estimate of drug-likeness (QED) is 0.648. The fraction of sp³-hybridized carbons (Fsp3) is 0.231. The number of aromatic nitrogens is 2. The zero-order chi connectivity index (χ0) is 13.8. The molecule has 100 valence electrons. The second-order valence-corrected chi connectivity index (χ2v) is 4.48. The molecule has 0 fully saturated rings. The average molecular weight is 279 g/mol. The molecule has 3 N–H and O–H groups in total. The van der Waals surface area contributed by atoms with Gasteiger partial charge in [-0.15, -0.1) is 0 Å². The van der Waals surface area contributed by atoms with Crippen molar-refractivity contribution in [1.29, 1.82) is 5.41 Å². The van der Waals surface area contributed by atoms with Gasteiger partial charge in [-0.1, -0.05) is 17.7 Å². The molecule has 2 aromatic rings. The zero-order valence-corrected chi connectivity index (χ0v) is 11.3. The number of hydrogen-bond donors (Lipinski definition) is 2. The summed E-state index contributed by atoms with van der Waals surface area (Å²) in [6.07, 6.45) is 2.47. The summed E-state index contributed by atoms with van der Waals surface area (Å²) in [6.45, 7) is 0.472. The molecule has 0 amide bonds. The van der Waals surface area contributed by atoms with E-state index in [0.29, 0.717) is 22.9 Å². The highest BCUT2D eigenvalue weighted by Crippen LogP contribution is 2.25. The smallest absolute Gasteiger partial charge is 0.131 e. The van der Waals surface area contributed by atoms with Crippen molar-refractivity contribution in [3.05, 3.63) is 46.7 Å². The van der Waals surface area contributed by atoms with E-state index in [1.165, 1.54) is 0 Å². The second kappa shape index (κ2) is 5.75. The Bertz CT molecular complexity index is 594. The van der Waals surface area contributed by atoms with Crippen LogP contribution >= 0.6 is 11.6 Å². The first kappa shape index (κ1) is 13.4. The Labute approximate surface area is 116 Å². The van der Waals surface area contributed by atoms with Crippen LogP contribution in [0.1, 0.15) is 11.3 Å². The summed E-state index contributed by atoms with van der Waals surface area (Å²) in [5.74, 6) is 0.434. The van der Waals surface area contributed by atoms with E-state index in [4.69, 9.17) is 27.5 Å². The average Bonchev–Trinajstić information content (AvgIpc) is 2.75. The van der Waals surface area contributed by atoms with E-state index in [1.807, 2.05) is 13.1 Å². The molecule has 0 atom stereocenters. The molecule has 1 aromatic heterocycles. The number of hydrogen-bond acceptors (Lipinski definition) is 3. The highest BCUT2D eigenvalue weighted by atomic mass is 35.5. The highest BCUT2D eigenvalue weighted by Gasteiger charge is 2.11. The first-order valence-corrected chi connectivity index (χ1v) is 6.20. The van der Waals surface area contributed by atoms with Crippen LogP contribution in [0, 0.1) is 5.41 Å². The van der Waals surface area contributed by atoms with Crippen molar-refractivity contribution in [2.24, 2.45) is 12.8 Å². The molecule has 1 heterocycles. The van der Waals surface area contributed by atoms with E-state index in [9.17, 15) is 0 Å². The molecule has 0 saturated heterocycles. The summed E-state index contributed by atoms with van der Waals surface area (Å²) in [4.78, 5) is 0. The van der Waals surface area contributed by atoms with Crippen molar-refractivity contribution < 1.29 is 4.74 Å². The Balaban J connectivity index is 2.06. The van der Waals surface area contributed by atoms with E-state index >= 15 is 0 Å². The third-order valence-electron chi connectivity index (χ3n) is 2.78. The second-order valence-electron chi connectivity index (χ2n) is 4.07. The molecule has 0 aliphatic carbocycles. The molecule has 2 rings (SSSR count). The van der Waals surface area contributed by atoms with Crippen molar-refractivity contribution in [2.45, 2.75) is 6.42 Å². The predicted molar refractivity (Wildman–Crippen MR) is 74.9 cm³/mol. The summed E-state index contributed by atoms with van der Waals surface area (Å²) in [7, 11) is 1.88. The SMILES string of the molecule is Cn1nccc1CCOc1cccc(Cl)c1C(=N)N. The van der Waals surface area contributed by atoms with Crippen LogP contribution in [0.5, 0.6) is 5.75 Å². The Morgan fingerprint density at radius 3 is 2.89 bits per heavy atom. The van der Waals surface area contributed by atoms with E-state index in [1.54, 1.807) is 29.1 Å². The molecule has 0 radical (unpaired) electrons. The molecule has 0 bridgehead atoms. The first-order valence-electron chi connectivity index (χ1n) is 5.82. The molecule has 0 aliphatic rings. The van der Waals surface area contributed by atoms with E-state index in [-0.39, 0.29) is 5.84 Å². The lowest BCUT2D eigenvalue weighted by Crippen LogP contribution is -2.15. The molecule has 5 nitrogen and oxygen atoms in total. The fourth-order valence-corrected chi connectivity index (χ4v) is 2.07. The van der Waals surface area contributed by atoms with Gasteiger partial charge in [-0.3, -0.25) is 10.1 Å². The van der Waals surface area contributed by atoms with Gasteiger partial charge in [-0.05, 0) is 18.2 Å². The van der Waals surface area contributed by atoms with Crippen LogP contribution in [0.25, 0.3) is 0 Å². The number of halogens is 1. The summed E-state index contributed by atoms with van der Waals surface area (Å²) >= 11 is 6.01. The van der Waals surface area contributed by atoms with Gasteiger partial charge in [0.25, 0.3) is 0 Å². The predicted octanol–water partition coefficient (Wildman–Crippen LogP) is 1.98. The van der Waals surface area contributed by atoms with Crippen LogP contribution in [0.2, 0.25) is 5.02 Å². The van der Waals surface area contributed by atoms with Gasteiger partial charge in [0.15, 0.2) is 0 Å². The van der Waals surface area contributed by atoms with Crippen LogP contribution in [0.3, 0.4) is 0 Å². The lowest BCUT2D eigenvalue weighted by molar-refractivity contribution is 0.318. The zero-order valence-electron chi connectivity index (χ0n) is 10.6. The largest absolute Gasteiger partial charge is 0.492 e. The maximum atomic E-state index is 7.53. The van der Waals surface area contributed by atoms with E-state index in [0.717, 1.165) is 12.1 Å². The monoisotopic (exact) mass is 278 g/mol. The minimum Gasteiger partial charge on any atom is -0.492 e. The number of benzene rings is 1. The lowest BCUT2D eigenvalue weighted by Gasteiger charge is -2.11. The Morgan fingerprint density at radius 2 is 2.26 bits per heavy atom. The Morgan fingerprint density at radius 1 is 1.47 bits per heavy atom. The number of ether oxygens (including phenoxy) is 1. The molecular formula is C13H15ClN4O. The van der Waals surface area contributed by atoms with Crippen LogP contribution in [-0.2, 0) is 13.5 Å². The fourth-order valence-electron chi connectivity index (χ4n) is 1.80. The maximum Gasteiger partial charge on any atom is 0.131 e. The maximum absolute atomic E-state index is 7.53. The third kappa shape index (κ3) is 3.06. The van der Waals surface area contributed by atoms with Gasteiger partial charge in [0.2, 0.25) is 0 Å². The van der Waals surface area contributed by atoms with Crippen molar-refractivity contribution in [1.82, 2.24) is 9.78 Å². The van der Waals surface area contributed by atoms with Gasteiger partial charge < -0.3 is 10.5 Å². The summed E-state index contributed by atoms with van der Waals surface area (Å²) in [5.41, 5.74) is 7.02. The third-order valence-corrected chi connectivity index (χ3v) is 3.10. The molecular weight excluding hydrogens is 264 g/mol. The van der Waals surface area contributed by atoms with Crippen molar-refractivity contribution in [3.8, 4) is 5.75 Å². The number of aryl methyl sites for hydroxylation is 1. The number of nitrogens with two attached hydrogens (primary N) is 1. The van der Waals surface area contributed by atoms with Gasteiger partial charge in [0.05, 0.1) is 17.2 Å². The summed E-state index contributed by atoms with van der Waals surface area (Å²) in [6, 6.07) is 7.15. The first-order chi connectivity index (χ1) is 9.09. The van der Waals surface area contributed by atoms with Gasteiger partial charge in [0.1, 0.15) is 11.6 Å². The number of rotatable bonds is 5. The van der Waals surface area contributed by atoms with Gasteiger partial charge in [-0.25, -0.2) is 0 Å². The van der Waals surface area contributed by atoms with Crippen LogP contribution in [0.4, 0.5) is 0 Å². The Kier molecular flexibility index (Phi) is 4.06. The number of nitrogens with zero attached hydrogens (tertiary/aromatic N) is 2. The van der Waals surface area contributed by atoms with Crippen LogP contribution < -0.4 is 10.5 Å². The number of amidine groups is 1. The van der Waals surface area contributed by atoms with Gasteiger partial charge in [0, 0.05) is 25.4 Å². The molecule has 1 aromatic carbocycles. The molecule has 19 heavy (non-hydrogen) atoms. The molecule has 6 heteroatoms. The number of nitrogen functional groups attached to an aromatic ring is 1. The van der Waals surface area contributed by atoms with E-state index in [2.05, 4.69) is 5.10 Å². The van der Waals surface area contributed by atoms with Crippen molar-refractivity contribution >= 4 is 17.4 Å². The van der Waals surface area contributed by atoms with Crippen LogP contribution in [-0.4, -0.2) is 22.2 Å². The summed E-state index contributed by atoms with van der Waals surface area (Å²) < 4.78 is 7.46. The minimum atomic E-state index is -0.0962. The molecule has 0 saturated carbocycles. The Hall–Kier alpha value is -2.01. The molecule has 0 aliphatic heterocycles. The summed E-state index contributed by atoms with van der Waals surface area (Å²) in [5, 5.41) is 12.0. The lowest BCUT2D eigenvalue weighted by atomic mass is 10.2. The van der Waals surface area contributed by atoms with E-state index < -0.39 is 0 Å². The normalized spacial score (nSPS) is 10.4. The standard InChI is InChI=1S/C13H15ClN4O/c1-18-9(5-7-17-18)6-8-19-11-4-2-3-10(14)12(11)13(15)16/h2-5,7H,6,8H2,1H3,(H3,15,16). The van der Waals surface area contributed by atoms with Gasteiger partial charge in [-0.2, -0.15) is 5.10 Å².